The van der Waals surface area contributed by atoms with Gasteiger partial charge in [-0.25, -0.2) is 0 Å². The van der Waals surface area contributed by atoms with Crippen molar-refractivity contribution < 1.29 is 9.59 Å². The van der Waals surface area contributed by atoms with Gasteiger partial charge >= 0.3 is 0 Å². The maximum atomic E-state index is 13.1. The fourth-order valence-electron chi connectivity index (χ4n) is 3.64. The average Bonchev–Trinajstić information content (AvgIpc) is 2.96. The molecule has 8 nitrogen and oxygen atoms in total. The molecular formula is C21H29ClN6O2. The van der Waals surface area contributed by atoms with Crippen LogP contribution in [-0.2, 0) is 4.79 Å². The molecule has 2 aromatic rings. The van der Waals surface area contributed by atoms with Gasteiger partial charge in [0.2, 0.25) is 5.91 Å². The van der Waals surface area contributed by atoms with Gasteiger partial charge in [-0.2, -0.15) is 9.90 Å². The summed E-state index contributed by atoms with van der Waals surface area (Å²) in [7, 11) is 0. The topological polar surface area (TPSA) is 74.6 Å². The molecule has 30 heavy (non-hydrogen) atoms. The van der Waals surface area contributed by atoms with Crippen LogP contribution in [0.3, 0.4) is 0 Å². The molecule has 1 aliphatic heterocycles. The Labute approximate surface area is 182 Å². The predicted molar refractivity (Wildman–Crippen MR) is 116 cm³/mol. The number of nitrogens with zero attached hydrogens (tertiary/aromatic N) is 6. The largest absolute Gasteiger partial charge is 0.342 e. The van der Waals surface area contributed by atoms with Crippen LogP contribution in [0.1, 0.15) is 36.5 Å². The first-order chi connectivity index (χ1) is 14.4. The van der Waals surface area contributed by atoms with Crippen LogP contribution in [0.15, 0.2) is 24.3 Å². The fourth-order valence-corrected chi connectivity index (χ4v) is 3.83. The number of rotatable bonds is 6. The van der Waals surface area contributed by atoms with Crippen LogP contribution in [-0.4, -0.2) is 87.3 Å². The molecule has 0 bridgehead atoms. The summed E-state index contributed by atoms with van der Waals surface area (Å²) >= 11 is 6.06. The van der Waals surface area contributed by atoms with Gasteiger partial charge in [-0.3, -0.25) is 14.5 Å². The summed E-state index contributed by atoms with van der Waals surface area (Å²) < 4.78 is 0. The average molecular weight is 433 g/mol. The van der Waals surface area contributed by atoms with Crippen molar-refractivity contribution in [2.45, 2.75) is 27.2 Å². The molecular weight excluding hydrogens is 404 g/mol. The lowest BCUT2D eigenvalue weighted by molar-refractivity contribution is -0.132. The van der Waals surface area contributed by atoms with E-state index in [1.807, 2.05) is 30.9 Å². The van der Waals surface area contributed by atoms with Crippen LogP contribution in [0.25, 0.3) is 5.69 Å². The van der Waals surface area contributed by atoms with Crippen LogP contribution in [0.4, 0.5) is 0 Å². The number of aromatic nitrogens is 3. The molecule has 0 spiro atoms. The molecule has 0 unspecified atom stereocenters. The molecule has 162 valence electrons. The number of carbonyl (C=O) groups is 2. The van der Waals surface area contributed by atoms with Crippen LogP contribution >= 0.6 is 11.6 Å². The molecule has 1 aliphatic rings. The SMILES string of the molecule is CCN(CC)C(=O)CN1CCCN(C(=O)c2nn(-c3cccc(Cl)c3)nc2C)CC1. The molecule has 0 radical (unpaired) electrons. The Morgan fingerprint density at radius 3 is 2.57 bits per heavy atom. The Bertz CT molecular complexity index is 895. The van der Waals surface area contributed by atoms with Crippen molar-refractivity contribution in [1.29, 1.82) is 0 Å². The zero-order valence-electron chi connectivity index (χ0n) is 17.8. The van der Waals surface area contributed by atoms with Gasteiger partial charge in [-0.05, 0) is 45.4 Å². The Balaban J connectivity index is 1.66. The molecule has 1 fully saturated rings. The normalized spacial score (nSPS) is 15.1. The number of likely N-dealkylation sites (N-methyl/N-ethyl adjacent to an activating group) is 1. The van der Waals surface area contributed by atoms with Crippen LogP contribution < -0.4 is 0 Å². The van der Waals surface area contributed by atoms with Crippen molar-refractivity contribution in [2.75, 3.05) is 45.8 Å². The summed E-state index contributed by atoms with van der Waals surface area (Å²) in [6.45, 7) is 10.3. The van der Waals surface area contributed by atoms with E-state index in [4.69, 9.17) is 11.6 Å². The van der Waals surface area contributed by atoms with Gasteiger partial charge in [0.15, 0.2) is 5.69 Å². The highest BCUT2D eigenvalue weighted by Crippen LogP contribution is 2.16. The number of hydrogen-bond donors (Lipinski definition) is 0. The predicted octanol–water partition coefficient (Wildman–Crippen LogP) is 2.25. The third-order valence-corrected chi connectivity index (χ3v) is 5.61. The van der Waals surface area contributed by atoms with Gasteiger partial charge in [-0.15, -0.1) is 5.10 Å². The van der Waals surface area contributed by atoms with E-state index in [-0.39, 0.29) is 11.8 Å². The maximum absolute atomic E-state index is 13.1. The van der Waals surface area contributed by atoms with E-state index in [1.165, 1.54) is 4.80 Å². The van der Waals surface area contributed by atoms with E-state index < -0.39 is 0 Å². The number of carbonyl (C=O) groups excluding carboxylic acids is 2. The summed E-state index contributed by atoms with van der Waals surface area (Å²) in [4.78, 5) is 32.7. The van der Waals surface area contributed by atoms with Crippen molar-refractivity contribution >= 4 is 23.4 Å². The molecule has 9 heteroatoms. The molecule has 1 aromatic heterocycles. The standard InChI is InChI=1S/C21H29ClN6O2/c1-4-26(5-2)19(29)15-25-10-7-11-27(13-12-25)21(30)20-16(3)23-28(24-20)18-9-6-8-17(22)14-18/h6,8-9,14H,4-5,7,10-13,15H2,1-3H3. The molecule has 2 amide bonds. The van der Waals surface area contributed by atoms with Crippen molar-refractivity contribution in [2.24, 2.45) is 0 Å². The molecule has 3 rings (SSSR count). The van der Waals surface area contributed by atoms with E-state index in [0.29, 0.717) is 48.3 Å². The number of hydrogen-bond acceptors (Lipinski definition) is 5. The summed E-state index contributed by atoms with van der Waals surface area (Å²) in [6, 6.07) is 7.20. The molecule has 0 atom stereocenters. The van der Waals surface area contributed by atoms with Crippen LogP contribution in [0, 0.1) is 6.92 Å². The summed E-state index contributed by atoms with van der Waals surface area (Å²) in [5, 5.41) is 9.40. The minimum absolute atomic E-state index is 0.127. The van der Waals surface area contributed by atoms with E-state index in [1.54, 1.807) is 24.0 Å². The molecule has 0 saturated carbocycles. The quantitative estimate of drug-likeness (QED) is 0.699. The highest BCUT2D eigenvalue weighted by atomic mass is 35.5. The minimum Gasteiger partial charge on any atom is -0.342 e. The van der Waals surface area contributed by atoms with Gasteiger partial charge in [0, 0.05) is 44.3 Å². The second-order valence-corrected chi connectivity index (χ2v) is 7.83. The number of amides is 2. The van der Waals surface area contributed by atoms with E-state index in [0.717, 1.165) is 26.1 Å². The van der Waals surface area contributed by atoms with Crippen molar-refractivity contribution in [3.63, 3.8) is 0 Å². The van der Waals surface area contributed by atoms with Gasteiger partial charge in [0.25, 0.3) is 5.91 Å². The molecule has 1 saturated heterocycles. The van der Waals surface area contributed by atoms with Crippen LogP contribution in [0.5, 0.6) is 0 Å². The summed E-state index contributed by atoms with van der Waals surface area (Å²) in [6.07, 6.45) is 0.818. The number of halogens is 1. The third-order valence-electron chi connectivity index (χ3n) is 5.37. The number of aryl methyl sites for hydroxylation is 1. The van der Waals surface area contributed by atoms with Crippen molar-refractivity contribution in [3.05, 3.63) is 40.7 Å². The first kappa shape index (κ1) is 22.2. The Morgan fingerprint density at radius 2 is 1.87 bits per heavy atom. The Hall–Kier alpha value is -2.45. The summed E-state index contributed by atoms with van der Waals surface area (Å²) in [5.74, 6) is 0.0118. The lowest BCUT2D eigenvalue weighted by Gasteiger charge is -2.25. The Morgan fingerprint density at radius 1 is 1.10 bits per heavy atom. The second-order valence-electron chi connectivity index (χ2n) is 7.39. The van der Waals surface area contributed by atoms with Crippen molar-refractivity contribution in [3.8, 4) is 5.69 Å². The Kier molecular flexibility index (Phi) is 7.44. The van der Waals surface area contributed by atoms with Gasteiger partial charge in [0.1, 0.15) is 0 Å². The van der Waals surface area contributed by atoms with E-state index >= 15 is 0 Å². The molecule has 1 aromatic carbocycles. The first-order valence-electron chi connectivity index (χ1n) is 10.4. The van der Waals surface area contributed by atoms with Crippen molar-refractivity contribution in [1.82, 2.24) is 29.7 Å². The third kappa shape index (κ3) is 5.17. The van der Waals surface area contributed by atoms with Gasteiger partial charge in [0.05, 0.1) is 17.9 Å². The zero-order valence-corrected chi connectivity index (χ0v) is 18.6. The summed E-state index contributed by atoms with van der Waals surface area (Å²) in [5.41, 5.74) is 1.64. The van der Waals surface area contributed by atoms with Gasteiger partial charge < -0.3 is 9.80 Å². The zero-order chi connectivity index (χ0) is 21.7. The second kappa shape index (κ2) is 10.0. The van der Waals surface area contributed by atoms with Crippen LogP contribution in [0.2, 0.25) is 5.02 Å². The lowest BCUT2D eigenvalue weighted by Crippen LogP contribution is -2.42. The highest BCUT2D eigenvalue weighted by molar-refractivity contribution is 6.30. The fraction of sp³-hybridized carbons (Fsp3) is 0.524. The van der Waals surface area contributed by atoms with E-state index in [2.05, 4.69) is 15.1 Å². The maximum Gasteiger partial charge on any atom is 0.276 e. The number of benzene rings is 1. The first-order valence-corrected chi connectivity index (χ1v) is 10.8. The van der Waals surface area contributed by atoms with Gasteiger partial charge in [-0.1, -0.05) is 17.7 Å². The lowest BCUT2D eigenvalue weighted by atomic mass is 10.3. The monoisotopic (exact) mass is 432 g/mol. The molecule has 0 N–H and O–H groups in total. The molecule has 2 heterocycles. The molecule has 0 aliphatic carbocycles. The minimum atomic E-state index is -0.127. The smallest absolute Gasteiger partial charge is 0.276 e. The van der Waals surface area contributed by atoms with E-state index in [9.17, 15) is 9.59 Å². The highest BCUT2D eigenvalue weighted by Gasteiger charge is 2.26.